The number of hydrogen-bond donors (Lipinski definition) is 3. The van der Waals surface area contributed by atoms with Gasteiger partial charge >= 0.3 is 0 Å². The first kappa shape index (κ1) is 26.3. The first-order chi connectivity index (χ1) is 17.6. The van der Waals surface area contributed by atoms with E-state index in [0.717, 1.165) is 27.6 Å². The van der Waals surface area contributed by atoms with Crippen LogP contribution < -0.4 is 25.3 Å². The topological polar surface area (TPSA) is 123 Å². The molecule has 4 rings (SSSR count). The second kappa shape index (κ2) is 13.0. The Morgan fingerprint density at radius 1 is 0.944 bits per heavy atom. The minimum absolute atomic E-state index is 0.127. The van der Waals surface area contributed by atoms with E-state index in [0.29, 0.717) is 41.6 Å². The fourth-order valence-electron chi connectivity index (χ4n) is 3.67. The zero-order chi connectivity index (χ0) is 25.9. The van der Waals surface area contributed by atoms with E-state index in [2.05, 4.69) is 22.4 Å². The quantitative estimate of drug-likeness (QED) is 0.318. The van der Waals surface area contributed by atoms with Crippen LogP contribution in [0.15, 0.2) is 66.9 Å². The molecule has 0 aliphatic rings. The number of rotatable bonds is 8. The van der Waals surface area contributed by atoms with Crippen LogP contribution in [0.1, 0.15) is 11.1 Å². The fraction of sp³-hybridized carbons (Fsp3) is 0.214. The van der Waals surface area contributed by atoms with E-state index in [-0.39, 0.29) is 6.61 Å². The number of nitrogens with one attached hydrogen (secondary N) is 1. The lowest BCUT2D eigenvalue weighted by Gasteiger charge is -2.10. The maximum Gasteiger partial charge on any atom is 0.203 e. The van der Waals surface area contributed by atoms with Crippen molar-refractivity contribution in [3.63, 3.8) is 0 Å². The van der Waals surface area contributed by atoms with Crippen molar-refractivity contribution in [2.24, 2.45) is 0 Å². The molecule has 4 N–H and O–H groups in total. The van der Waals surface area contributed by atoms with E-state index in [1.165, 1.54) is 6.20 Å². The molecular weight excluding hydrogens is 456 g/mol. The molecule has 0 fully saturated rings. The van der Waals surface area contributed by atoms with E-state index in [1.54, 1.807) is 21.3 Å². The summed E-state index contributed by atoms with van der Waals surface area (Å²) in [5.74, 6) is 1.98. The normalized spacial score (nSPS) is 10.2. The number of aliphatic hydroxyl groups is 1. The zero-order valence-corrected chi connectivity index (χ0v) is 20.6. The van der Waals surface area contributed by atoms with Gasteiger partial charge in [-0.25, -0.2) is 0 Å². The second-order valence-corrected chi connectivity index (χ2v) is 7.73. The van der Waals surface area contributed by atoms with Gasteiger partial charge in [-0.15, -0.1) is 0 Å². The lowest BCUT2D eigenvalue weighted by atomic mass is 10.0. The van der Waals surface area contributed by atoms with E-state index >= 15 is 0 Å². The summed E-state index contributed by atoms with van der Waals surface area (Å²) in [5, 5.41) is 21.8. The van der Waals surface area contributed by atoms with E-state index < -0.39 is 0 Å². The van der Waals surface area contributed by atoms with Gasteiger partial charge in [0.05, 0.1) is 44.7 Å². The number of nitrogen functional groups attached to an aromatic ring is 1. The van der Waals surface area contributed by atoms with Gasteiger partial charge in [0, 0.05) is 24.7 Å². The van der Waals surface area contributed by atoms with Crippen LogP contribution >= 0.6 is 0 Å². The smallest absolute Gasteiger partial charge is 0.203 e. The third-order valence-electron chi connectivity index (χ3n) is 5.50. The van der Waals surface area contributed by atoms with Gasteiger partial charge in [0.25, 0.3) is 0 Å². The molecule has 186 valence electrons. The molecule has 0 bridgehead atoms. The van der Waals surface area contributed by atoms with Gasteiger partial charge in [-0.2, -0.15) is 5.26 Å². The van der Waals surface area contributed by atoms with E-state index in [4.69, 9.17) is 30.3 Å². The van der Waals surface area contributed by atoms with Gasteiger partial charge in [0.2, 0.25) is 5.75 Å². The van der Waals surface area contributed by atoms with Crippen LogP contribution in [0, 0.1) is 11.3 Å². The summed E-state index contributed by atoms with van der Waals surface area (Å²) in [7, 11) is 4.77. The summed E-state index contributed by atoms with van der Waals surface area (Å²) in [4.78, 5) is 4.34. The third-order valence-corrected chi connectivity index (χ3v) is 5.50. The lowest BCUT2D eigenvalue weighted by Crippen LogP contribution is -2.17. The number of nitrogens with two attached hydrogens (primary N) is 1. The van der Waals surface area contributed by atoms with Crippen molar-refractivity contribution >= 4 is 16.6 Å². The molecule has 3 aromatic carbocycles. The molecule has 0 spiro atoms. The number of nitriles is 1. The maximum atomic E-state index is 9.04. The van der Waals surface area contributed by atoms with Crippen LogP contribution in [0.5, 0.6) is 17.2 Å². The molecule has 0 atom stereocenters. The van der Waals surface area contributed by atoms with Crippen molar-refractivity contribution in [3.8, 4) is 34.4 Å². The molecule has 36 heavy (non-hydrogen) atoms. The average Bonchev–Trinajstić information content (AvgIpc) is 2.93. The number of pyridine rings is 1. The second-order valence-electron chi connectivity index (χ2n) is 7.73. The fourth-order valence-corrected chi connectivity index (χ4v) is 3.67. The van der Waals surface area contributed by atoms with Crippen molar-refractivity contribution in [1.29, 1.82) is 5.26 Å². The largest absolute Gasteiger partial charge is 0.493 e. The first-order valence-corrected chi connectivity index (χ1v) is 11.3. The number of nitrogens with zero attached hydrogens (tertiary/aromatic N) is 2. The number of benzene rings is 3. The summed E-state index contributed by atoms with van der Waals surface area (Å²) in [6.45, 7) is 1.41. The van der Waals surface area contributed by atoms with Crippen LogP contribution in [-0.2, 0) is 6.54 Å². The molecule has 1 heterocycles. The number of hydrogen-bond acceptors (Lipinski definition) is 8. The van der Waals surface area contributed by atoms with Crippen molar-refractivity contribution in [3.05, 3.63) is 78.0 Å². The molecule has 8 nitrogen and oxygen atoms in total. The molecule has 0 saturated carbocycles. The van der Waals surface area contributed by atoms with Crippen LogP contribution in [0.2, 0.25) is 0 Å². The summed E-state index contributed by atoms with van der Waals surface area (Å²) >= 11 is 0. The van der Waals surface area contributed by atoms with Crippen molar-refractivity contribution in [1.82, 2.24) is 10.3 Å². The van der Waals surface area contributed by atoms with Gasteiger partial charge in [-0.05, 0) is 41.0 Å². The monoisotopic (exact) mass is 486 g/mol. The first-order valence-electron chi connectivity index (χ1n) is 11.3. The average molecular weight is 487 g/mol. The van der Waals surface area contributed by atoms with Crippen LogP contribution in [-0.4, -0.2) is 44.6 Å². The Bertz CT molecular complexity index is 1330. The Morgan fingerprint density at radius 3 is 2.28 bits per heavy atom. The lowest BCUT2D eigenvalue weighted by molar-refractivity contribution is 0.292. The van der Waals surface area contributed by atoms with Crippen LogP contribution in [0.3, 0.4) is 0 Å². The molecule has 0 aliphatic carbocycles. The highest BCUT2D eigenvalue weighted by molar-refractivity contribution is 5.95. The Balaban J connectivity index is 0.000000253. The Hall–Kier alpha value is -4.32. The number of methoxy groups -OCH3 is 3. The highest BCUT2D eigenvalue weighted by Gasteiger charge is 2.09. The number of anilines is 1. The SMILES string of the molecule is COc1cccc(OC)c1OC.N#Cc1cnc2cc(-c3cccc(CNCCO)c3)ccc2c1N. The molecule has 8 heteroatoms. The van der Waals surface area contributed by atoms with Crippen molar-refractivity contribution in [2.45, 2.75) is 6.54 Å². The van der Waals surface area contributed by atoms with E-state index in [1.807, 2.05) is 54.6 Å². The van der Waals surface area contributed by atoms with Gasteiger partial charge in [-0.1, -0.05) is 36.4 Å². The summed E-state index contributed by atoms with van der Waals surface area (Å²) in [6, 6.07) is 21.6. The van der Waals surface area contributed by atoms with Gasteiger partial charge in [0.1, 0.15) is 6.07 Å². The summed E-state index contributed by atoms with van der Waals surface area (Å²) in [5.41, 5.74) is 10.9. The third kappa shape index (κ3) is 6.21. The van der Waals surface area contributed by atoms with E-state index in [9.17, 15) is 0 Å². The zero-order valence-electron chi connectivity index (χ0n) is 20.6. The summed E-state index contributed by atoms with van der Waals surface area (Å²) < 4.78 is 15.3. The molecule has 4 aromatic rings. The molecule has 0 amide bonds. The van der Waals surface area contributed by atoms with Gasteiger partial charge in [-0.3, -0.25) is 4.98 Å². The van der Waals surface area contributed by atoms with Gasteiger partial charge in [0.15, 0.2) is 11.5 Å². The molecular formula is C28H30N4O4. The maximum absolute atomic E-state index is 9.04. The minimum Gasteiger partial charge on any atom is -0.493 e. The molecule has 0 saturated heterocycles. The van der Waals surface area contributed by atoms with Crippen molar-refractivity contribution in [2.75, 3.05) is 40.2 Å². The molecule has 0 radical (unpaired) electrons. The Kier molecular flexibility index (Phi) is 9.46. The standard InChI is InChI=1S/C19H18N4O.C9H12O3/c20-10-16-12-23-18-9-15(4-5-17(18)19(16)21)14-3-1-2-13(8-14)11-22-6-7-24;1-10-7-5-4-6-8(11-2)9(7)12-3/h1-5,8-9,12,22,24H,6-7,11H2,(H2,21,23);4-6H,1-3H3. The van der Waals surface area contributed by atoms with Crippen molar-refractivity contribution < 1.29 is 19.3 Å². The number of aromatic nitrogens is 1. The predicted molar refractivity (Wildman–Crippen MR) is 141 cm³/mol. The number of aliphatic hydroxyl groups excluding tert-OH is 1. The Morgan fingerprint density at radius 2 is 1.64 bits per heavy atom. The molecule has 0 unspecified atom stereocenters. The van der Waals surface area contributed by atoms with Crippen LogP contribution in [0.4, 0.5) is 5.69 Å². The molecule has 0 aliphatic heterocycles. The van der Waals surface area contributed by atoms with Crippen LogP contribution in [0.25, 0.3) is 22.0 Å². The number of para-hydroxylation sites is 1. The predicted octanol–water partition coefficient (Wildman–Crippen LogP) is 4.15. The molecule has 1 aromatic heterocycles. The Labute approximate surface area is 210 Å². The highest BCUT2D eigenvalue weighted by Crippen LogP contribution is 2.36. The minimum atomic E-state index is 0.127. The number of fused-ring (bicyclic) bond motifs is 1. The summed E-state index contributed by atoms with van der Waals surface area (Å²) in [6.07, 6.45) is 1.51. The van der Waals surface area contributed by atoms with Gasteiger partial charge < -0.3 is 30.4 Å². The number of ether oxygens (including phenoxy) is 3. The highest BCUT2D eigenvalue weighted by atomic mass is 16.5.